The van der Waals surface area contributed by atoms with Gasteiger partial charge in [0.15, 0.2) is 0 Å². The topological polar surface area (TPSA) is 295 Å². The maximum Gasteiger partial charge on any atom is 0.326 e. The summed E-state index contributed by atoms with van der Waals surface area (Å²) in [5.74, 6) is -7.01. The Kier molecular flexibility index (Phi) is 14.8. The largest absolute Gasteiger partial charge is 0.481 e. The Labute approximate surface area is 262 Å². The van der Waals surface area contributed by atoms with E-state index < -0.39 is 91.3 Å². The Morgan fingerprint density at radius 2 is 1.48 bits per heavy atom. The second kappa shape index (κ2) is 18.4. The zero-order valence-corrected chi connectivity index (χ0v) is 24.9. The van der Waals surface area contributed by atoms with Crippen LogP contribution in [0.4, 0.5) is 0 Å². The zero-order valence-electron chi connectivity index (χ0n) is 24.9. The Morgan fingerprint density at radius 1 is 0.848 bits per heavy atom. The summed E-state index contributed by atoms with van der Waals surface area (Å²) < 4.78 is 0. The average molecular weight is 647 g/mol. The number of nitrogens with zero attached hydrogens (tertiary/aromatic N) is 1. The minimum absolute atomic E-state index is 0.0660. The van der Waals surface area contributed by atoms with Gasteiger partial charge in [-0.1, -0.05) is 30.3 Å². The van der Waals surface area contributed by atoms with Crippen LogP contribution in [0.15, 0.2) is 42.9 Å². The van der Waals surface area contributed by atoms with E-state index in [0.717, 1.165) is 0 Å². The molecule has 250 valence electrons. The lowest BCUT2D eigenvalue weighted by atomic mass is 10.0. The number of rotatable bonds is 19. The van der Waals surface area contributed by atoms with Gasteiger partial charge in [-0.2, -0.15) is 0 Å². The number of nitrogens with two attached hydrogens (primary N) is 1. The first kappa shape index (κ1) is 36.8. The minimum Gasteiger partial charge on any atom is -0.481 e. The molecule has 18 heteroatoms. The van der Waals surface area contributed by atoms with Crippen molar-refractivity contribution in [2.75, 3.05) is 13.1 Å². The Bertz CT molecular complexity index is 1350. The van der Waals surface area contributed by atoms with E-state index in [1.807, 2.05) is 0 Å². The van der Waals surface area contributed by atoms with E-state index in [4.69, 9.17) is 10.8 Å². The number of aliphatic hydroxyl groups excluding tert-OH is 1. The van der Waals surface area contributed by atoms with E-state index in [1.54, 1.807) is 36.5 Å². The second-order valence-electron chi connectivity index (χ2n) is 10.2. The number of carboxylic acids is 2. The molecule has 2 aromatic rings. The molecular formula is C28H38N8O10. The van der Waals surface area contributed by atoms with Gasteiger partial charge < -0.3 is 52.6 Å². The Morgan fingerprint density at radius 3 is 2.04 bits per heavy atom. The predicted molar refractivity (Wildman–Crippen MR) is 158 cm³/mol. The van der Waals surface area contributed by atoms with Crippen LogP contribution in [-0.2, 0) is 46.4 Å². The monoisotopic (exact) mass is 646 g/mol. The Hall–Kier alpha value is -5.36. The molecule has 1 heterocycles. The number of aromatic nitrogens is 2. The average Bonchev–Trinajstić information content (AvgIpc) is 3.52. The van der Waals surface area contributed by atoms with Crippen LogP contribution in [0.1, 0.15) is 31.0 Å². The van der Waals surface area contributed by atoms with Gasteiger partial charge in [0.1, 0.15) is 18.1 Å². The van der Waals surface area contributed by atoms with E-state index >= 15 is 0 Å². The number of carboxylic acid groups (broad SMARTS) is 2. The van der Waals surface area contributed by atoms with Crippen molar-refractivity contribution in [3.63, 3.8) is 0 Å². The molecular weight excluding hydrogens is 608 g/mol. The van der Waals surface area contributed by atoms with Crippen LogP contribution in [0, 0.1) is 0 Å². The molecule has 0 spiro atoms. The summed E-state index contributed by atoms with van der Waals surface area (Å²) in [6.07, 6.45) is 0.633. The second-order valence-corrected chi connectivity index (χ2v) is 10.2. The fourth-order valence-corrected chi connectivity index (χ4v) is 4.03. The Balaban J connectivity index is 1.92. The van der Waals surface area contributed by atoms with Gasteiger partial charge in [0.05, 0.1) is 37.3 Å². The van der Waals surface area contributed by atoms with Crippen LogP contribution in [0.5, 0.6) is 0 Å². The van der Waals surface area contributed by atoms with Crippen LogP contribution in [0.3, 0.4) is 0 Å². The quantitative estimate of drug-likeness (QED) is 0.0712. The number of aromatic amines is 1. The number of aliphatic hydroxyl groups is 1. The highest BCUT2D eigenvalue weighted by atomic mass is 16.4. The molecule has 0 saturated heterocycles. The number of nitrogens with one attached hydrogen (secondary N) is 6. The molecule has 5 atom stereocenters. The number of aliphatic carboxylic acids is 2. The summed E-state index contributed by atoms with van der Waals surface area (Å²) >= 11 is 0. The van der Waals surface area contributed by atoms with E-state index in [9.17, 15) is 43.8 Å². The first-order chi connectivity index (χ1) is 21.8. The predicted octanol–water partition coefficient (Wildman–Crippen LogP) is -3.46. The molecule has 0 aliphatic rings. The van der Waals surface area contributed by atoms with Gasteiger partial charge in [0, 0.05) is 25.5 Å². The molecule has 11 N–H and O–H groups in total. The third-order valence-corrected chi connectivity index (χ3v) is 6.44. The molecule has 1 aromatic heterocycles. The van der Waals surface area contributed by atoms with Gasteiger partial charge in [-0.05, 0) is 18.9 Å². The van der Waals surface area contributed by atoms with E-state index in [0.29, 0.717) is 11.3 Å². The molecule has 1 aromatic carbocycles. The van der Waals surface area contributed by atoms with Gasteiger partial charge in [-0.25, -0.2) is 9.78 Å². The fraction of sp³-hybridized carbons (Fsp3) is 0.429. The third-order valence-electron chi connectivity index (χ3n) is 6.44. The van der Waals surface area contributed by atoms with Gasteiger partial charge in [0.25, 0.3) is 0 Å². The highest BCUT2D eigenvalue weighted by Gasteiger charge is 2.30. The van der Waals surface area contributed by atoms with Crippen LogP contribution in [0.25, 0.3) is 0 Å². The summed E-state index contributed by atoms with van der Waals surface area (Å²) in [5, 5.41) is 40.0. The standard InChI is InChI=1S/C28H38N8O10/c1-15(37)24(27(44)35-20(28(45)46)9-16-5-3-2-4-6-16)36-22(39)13-32-26(43)19(7-8-23(40)41)34-21(38)12-31-25(42)18(29)10-17-11-30-14-33-17/h2-6,11,14-15,18-20,24,37H,7-10,12-13,29H2,1H3,(H,30,33)(H,31,42)(H,32,43)(H,34,38)(H,35,44)(H,36,39)(H,40,41)(H,45,46)/t15-,18+,19+,20+,24+/m1/s1. The van der Waals surface area contributed by atoms with Crippen LogP contribution in [-0.4, -0.2) is 110 Å². The fourth-order valence-electron chi connectivity index (χ4n) is 4.03. The maximum absolute atomic E-state index is 12.8. The van der Waals surface area contributed by atoms with E-state index in [-0.39, 0.29) is 19.3 Å². The molecule has 0 aliphatic carbocycles. The zero-order chi connectivity index (χ0) is 34.2. The van der Waals surface area contributed by atoms with Gasteiger partial charge in [-0.3, -0.25) is 28.8 Å². The molecule has 5 amide bonds. The minimum atomic E-state index is -1.59. The lowest BCUT2D eigenvalue weighted by molar-refractivity contribution is -0.143. The van der Waals surface area contributed by atoms with Crippen molar-refractivity contribution in [2.45, 2.75) is 62.9 Å². The molecule has 0 saturated carbocycles. The summed E-state index contributed by atoms with van der Waals surface area (Å²) in [7, 11) is 0. The molecule has 2 rings (SSSR count). The molecule has 0 radical (unpaired) electrons. The molecule has 0 fully saturated rings. The molecule has 0 aliphatic heterocycles. The number of imidazole rings is 1. The molecule has 0 unspecified atom stereocenters. The number of carbonyl (C=O) groups excluding carboxylic acids is 5. The highest BCUT2D eigenvalue weighted by molar-refractivity contribution is 5.94. The van der Waals surface area contributed by atoms with Crippen molar-refractivity contribution in [3.8, 4) is 0 Å². The summed E-state index contributed by atoms with van der Waals surface area (Å²) in [5.41, 5.74) is 6.95. The molecule has 18 nitrogen and oxygen atoms in total. The first-order valence-corrected chi connectivity index (χ1v) is 14.1. The smallest absolute Gasteiger partial charge is 0.326 e. The summed E-state index contributed by atoms with van der Waals surface area (Å²) in [6, 6.07) is 3.06. The number of benzene rings is 1. The molecule has 46 heavy (non-hydrogen) atoms. The first-order valence-electron chi connectivity index (χ1n) is 14.1. The summed E-state index contributed by atoms with van der Waals surface area (Å²) in [4.78, 5) is 92.2. The van der Waals surface area contributed by atoms with E-state index in [1.165, 1.54) is 13.3 Å². The van der Waals surface area contributed by atoms with Crippen molar-refractivity contribution in [3.05, 3.63) is 54.1 Å². The number of hydrogen-bond acceptors (Lipinski definition) is 10. The van der Waals surface area contributed by atoms with Crippen LogP contribution < -0.4 is 32.3 Å². The van der Waals surface area contributed by atoms with E-state index in [2.05, 4.69) is 36.6 Å². The van der Waals surface area contributed by atoms with Gasteiger partial charge in [0.2, 0.25) is 29.5 Å². The lowest BCUT2D eigenvalue weighted by Crippen LogP contribution is -2.58. The normalized spacial score (nSPS) is 14.0. The van der Waals surface area contributed by atoms with Crippen LogP contribution >= 0.6 is 0 Å². The summed E-state index contributed by atoms with van der Waals surface area (Å²) in [6.45, 7) is -0.145. The van der Waals surface area contributed by atoms with Crippen molar-refractivity contribution in [2.24, 2.45) is 5.73 Å². The number of amides is 5. The number of hydrogen-bond donors (Lipinski definition) is 10. The lowest BCUT2D eigenvalue weighted by Gasteiger charge is -2.24. The van der Waals surface area contributed by atoms with Crippen molar-refractivity contribution < 1.29 is 48.9 Å². The highest BCUT2D eigenvalue weighted by Crippen LogP contribution is 2.05. The molecule has 0 bridgehead atoms. The van der Waals surface area contributed by atoms with Gasteiger partial charge in [-0.15, -0.1) is 0 Å². The third kappa shape index (κ3) is 13.1. The van der Waals surface area contributed by atoms with Crippen molar-refractivity contribution >= 4 is 41.5 Å². The number of carbonyl (C=O) groups is 7. The van der Waals surface area contributed by atoms with Crippen molar-refractivity contribution in [1.82, 2.24) is 36.6 Å². The van der Waals surface area contributed by atoms with Crippen molar-refractivity contribution in [1.29, 1.82) is 0 Å². The van der Waals surface area contributed by atoms with Crippen LogP contribution in [0.2, 0.25) is 0 Å². The van der Waals surface area contributed by atoms with Gasteiger partial charge >= 0.3 is 11.9 Å². The SMILES string of the molecule is C[C@@H](O)[C@H](NC(=O)CNC(=O)[C@H](CCC(=O)O)NC(=O)CNC(=O)[C@@H](N)Cc1c[nH]cn1)C(=O)N[C@@H](Cc1ccccc1)C(=O)O. The maximum atomic E-state index is 12.8. The number of H-pyrrole nitrogens is 1.